The van der Waals surface area contributed by atoms with E-state index in [9.17, 15) is 14.4 Å². The van der Waals surface area contributed by atoms with Gasteiger partial charge >= 0.3 is 0 Å². The van der Waals surface area contributed by atoms with Crippen LogP contribution in [-0.2, 0) is 11.3 Å². The second-order valence-electron chi connectivity index (χ2n) is 6.30. The standard InChI is InChI=1S/C19H20N4O3/c1-11(2)18(25)21-15-7-5-14(6-8-15)17(24)10-23-19(26)16(9-20)12(3)13(4)22-23/h5-8,11H,10H2,1-4H3,(H,21,25). The molecule has 0 saturated heterocycles. The van der Waals surface area contributed by atoms with E-state index < -0.39 is 5.56 Å². The Hall–Kier alpha value is -3.27. The first-order chi connectivity index (χ1) is 12.2. The summed E-state index contributed by atoms with van der Waals surface area (Å²) < 4.78 is 1.01. The molecule has 134 valence electrons. The molecule has 1 heterocycles. The number of ketones is 1. The molecule has 0 aliphatic heterocycles. The van der Waals surface area contributed by atoms with E-state index in [-0.39, 0.29) is 29.7 Å². The van der Waals surface area contributed by atoms with Gasteiger partial charge in [0, 0.05) is 17.2 Å². The number of aryl methyl sites for hydroxylation is 1. The molecule has 0 unspecified atom stereocenters. The molecule has 2 rings (SSSR count). The summed E-state index contributed by atoms with van der Waals surface area (Å²) in [4.78, 5) is 36.4. The van der Waals surface area contributed by atoms with Crippen molar-refractivity contribution in [2.75, 3.05) is 5.32 Å². The summed E-state index contributed by atoms with van der Waals surface area (Å²) in [6.07, 6.45) is 0. The normalized spacial score (nSPS) is 10.5. The highest BCUT2D eigenvalue weighted by molar-refractivity contribution is 5.97. The molecule has 0 atom stereocenters. The van der Waals surface area contributed by atoms with E-state index >= 15 is 0 Å². The van der Waals surface area contributed by atoms with Gasteiger partial charge < -0.3 is 5.32 Å². The van der Waals surface area contributed by atoms with E-state index in [2.05, 4.69) is 10.4 Å². The minimum atomic E-state index is -0.579. The van der Waals surface area contributed by atoms with Crippen LogP contribution in [0.1, 0.15) is 41.0 Å². The van der Waals surface area contributed by atoms with E-state index in [1.165, 1.54) is 0 Å². The average molecular weight is 352 g/mol. The van der Waals surface area contributed by atoms with Gasteiger partial charge in [-0.3, -0.25) is 14.4 Å². The third-order valence-corrected chi connectivity index (χ3v) is 4.04. The lowest BCUT2D eigenvalue weighted by atomic mass is 10.1. The monoisotopic (exact) mass is 352 g/mol. The number of carbonyl (C=O) groups is 2. The van der Waals surface area contributed by atoms with Gasteiger partial charge in [0.05, 0.1) is 5.69 Å². The lowest BCUT2D eigenvalue weighted by Gasteiger charge is -2.10. The molecule has 0 fully saturated rings. The Balaban J connectivity index is 2.21. The average Bonchev–Trinajstić information content (AvgIpc) is 2.60. The van der Waals surface area contributed by atoms with Crippen molar-refractivity contribution < 1.29 is 9.59 Å². The molecule has 0 bridgehead atoms. The summed E-state index contributed by atoms with van der Waals surface area (Å²) in [6.45, 7) is 6.65. The van der Waals surface area contributed by atoms with Gasteiger partial charge in [0.1, 0.15) is 18.2 Å². The fourth-order valence-corrected chi connectivity index (χ4v) is 2.26. The Morgan fingerprint density at radius 2 is 1.85 bits per heavy atom. The molecule has 0 spiro atoms. The number of aromatic nitrogens is 2. The molecule has 1 aromatic carbocycles. The molecule has 0 saturated carbocycles. The third kappa shape index (κ3) is 4.03. The maximum absolute atomic E-state index is 12.4. The molecule has 0 aliphatic carbocycles. The van der Waals surface area contributed by atoms with Gasteiger partial charge in [-0.2, -0.15) is 10.4 Å². The summed E-state index contributed by atoms with van der Waals surface area (Å²) in [5.41, 5.74) is 1.44. The highest BCUT2D eigenvalue weighted by Gasteiger charge is 2.15. The number of nitrogens with one attached hydrogen (secondary N) is 1. The molecule has 0 aliphatic rings. The highest BCUT2D eigenvalue weighted by Crippen LogP contribution is 2.12. The Kier molecular flexibility index (Phi) is 5.68. The van der Waals surface area contributed by atoms with Crippen LogP contribution in [0.3, 0.4) is 0 Å². The minimum Gasteiger partial charge on any atom is -0.326 e. The Labute approximate surface area is 151 Å². The van der Waals surface area contributed by atoms with Gasteiger partial charge in [0.2, 0.25) is 5.91 Å². The predicted octanol–water partition coefficient (Wildman–Crippen LogP) is 2.21. The van der Waals surface area contributed by atoms with Gasteiger partial charge in [-0.25, -0.2) is 4.68 Å². The number of nitrogens with zero attached hydrogens (tertiary/aromatic N) is 3. The number of hydrogen-bond acceptors (Lipinski definition) is 5. The van der Waals surface area contributed by atoms with Crippen molar-refractivity contribution in [1.29, 1.82) is 5.26 Å². The molecular weight excluding hydrogens is 332 g/mol. The minimum absolute atomic E-state index is 0.00274. The molecule has 1 N–H and O–H groups in total. The fourth-order valence-electron chi connectivity index (χ4n) is 2.26. The largest absolute Gasteiger partial charge is 0.326 e. The quantitative estimate of drug-likeness (QED) is 0.831. The van der Waals surface area contributed by atoms with E-state index in [4.69, 9.17) is 5.26 Å². The first-order valence-electron chi connectivity index (χ1n) is 8.17. The van der Waals surface area contributed by atoms with Gasteiger partial charge in [-0.1, -0.05) is 13.8 Å². The SMILES string of the molecule is Cc1nn(CC(=O)c2ccc(NC(=O)C(C)C)cc2)c(=O)c(C#N)c1C. The van der Waals surface area contributed by atoms with Gasteiger partial charge in [-0.05, 0) is 43.7 Å². The van der Waals surface area contributed by atoms with Crippen LogP contribution in [0.4, 0.5) is 5.69 Å². The number of rotatable bonds is 5. The van der Waals surface area contributed by atoms with Crippen molar-refractivity contribution in [2.45, 2.75) is 34.2 Å². The van der Waals surface area contributed by atoms with Crippen molar-refractivity contribution in [3.63, 3.8) is 0 Å². The number of hydrogen-bond donors (Lipinski definition) is 1. The fraction of sp³-hybridized carbons (Fsp3) is 0.316. The van der Waals surface area contributed by atoms with Crippen molar-refractivity contribution in [3.8, 4) is 6.07 Å². The van der Waals surface area contributed by atoms with Crippen LogP contribution in [-0.4, -0.2) is 21.5 Å². The van der Waals surface area contributed by atoms with Crippen LogP contribution >= 0.6 is 0 Å². The van der Waals surface area contributed by atoms with Gasteiger partial charge in [0.25, 0.3) is 5.56 Å². The Morgan fingerprint density at radius 3 is 2.38 bits per heavy atom. The third-order valence-electron chi connectivity index (χ3n) is 4.04. The maximum atomic E-state index is 12.4. The van der Waals surface area contributed by atoms with Crippen LogP contribution in [0, 0.1) is 31.1 Å². The Bertz CT molecular complexity index is 950. The molecule has 7 nitrogen and oxygen atoms in total. The zero-order chi connectivity index (χ0) is 19.4. The van der Waals surface area contributed by atoms with Crippen LogP contribution in [0.25, 0.3) is 0 Å². The zero-order valence-electron chi connectivity index (χ0n) is 15.2. The molecule has 2 aromatic rings. The molecular formula is C19H20N4O3. The molecule has 26 heavy (non-hydrogen) atoms. The number of Topliss-reactive ketones (excluding diaryl/α,β-unsaturated/α-hetero) is 1. The number of amides is 1. The summed E-state index contributed by atoms with van der Waals surface area (Å²) in [6, 6.07) is 8.29. The van der Waals surface area contributed by atoms with Crippen molar-refractivity contribution >= 4 is 17.4 Å². The van der Waals surface area contributed by atoms with Gasteiger partial charge in [0.15, 0.2) is 5.78 Å². The van der Waals surface area contributed by atoms with Crippen LogP contribution in [0.15, 0.2) is 29.1 Å². The summed E-state index contributed by atoms with van der Waals surface area (Å²) in [5, 5.41) is 16.0. The number of anilines is 1. The second kappa shape index (κ2) is 7.74. The smallest absolute Gasteiger partial charge is 0.285 e. The van der Waals surface area contributed by atoms with Crippen molar-refractivity contribution in [3.05, 3.63) is 57.0 Å². The van der Waals surface area contributed by atoms with Crippen LogP contribution < -0.4 is 10.9 Å². The zero-order valence-corrected chi connectivity index (χ0v) is 15.2. The molecule has 1 amide bonds. The van der Waals surface area contributed by atoms with Crippen LogP contribution in [0.2, 0.25) is 0 Å². The molecule has 0 radical (unpaired) electrons. The summed E-state index contributed by atoms with van der Waals surface area (Å²) >= 11 is 0. The Morgan fingerprint density at radius 1 is 1.23 bits per heavy atom. The van der Waals surface area contributed by atoms with E-state index in [1.54, 1.807) is 52.0 Å². The van der Waals surface area contributed by atoms with Gasteiger partial charge in [-0.15, -0.1) is 0 Å². The van der Waals surface area contributed by atoms with E-state index in [1.807, 2.05) is 6.07 Å². The number of carbonyl (C=O) groups excluding carboxylic acids is 2. The predicted molar refractivity (Wildman–Crippen MR) is 96.9 cm³/mol. The highest BCUT2D eigenvalue weighted by atomic mass is 16.2. The first-order valence-corrected chi connectivity index (χ1v) is 8.17. The number of benzene rings is 1. The van der Waals surface area contributed by atoms with Crippen molar-refractivity contribution in [2.24, 2.45) is 5.92 Å². The summed E-state index contributed by atoms with van der Waals surface area (Å²) in [5.74, 6) is -0.569. The maximum Gasteiger partial charge on any atom is 0.285 e. The summed E-state index contributed by atoms with van der Waals surface area (Å²) in [7, 11) is 0. The van der Waals surface area contributed by atoms with E-state index in [0.717, 1.165) is 4.68 Å². The number of nitriles is 1. The lowest BCUT2D eigenvalue weighted by Crippen LogP contribution is -2.30. The molecule has 1 aromatic heterocycles. The first kappa shape index (κ1) is 19.1. The second-order valence-corrected chi connectivity index (χ2v) is 6.30. The lowest BCUT2D eigenvalue weighted by molar-refractivity contribution is -0.118. The topological polar surface area (TPSA) is 105 Å². The van der Waals surface area contributed by atoms with Crippen molar-refractivity contribution in [1.82, 2.24) is 9.78 Å². The molecule has 7 heteroatoms. The van der Waals surface area contributed by atoms with E-state index in [0.29, 0.717) is 22.5 Å². The van der Waals surface area contributed by atoms with Crippen LogP contribution in [0.5, 0.6) is 0 Å².